The fourth-order valence-corrected chi connectivity index (χ4v) is 3.22. The number of carbonyl (C=O) groups is 1. The van der Waals surface area contributed by atoms with Gasteiger partial charge in [0.05, 0.1) is 11.3 Å². The van der Waals surface area contributed by atoms with Crippen molar-refractivity contribution in [2.45, 2.75) is 39.0 Å². The van der Waals surface area contributed by atoms with Gasteiger partial charge in [-0.05, 0) is 25.3 Å². The molecule has 1 saturated carbocycles. The molecule has 0 unspecified atom stereocenters. The Labute approximate surface area is 124 Å². The lowest BCUT2D eigenvalue weighted by atomic mass is 10.0. The van der Waals surface area contributed by atoms with Gasteiger partial charge in [-0.1, -0.05) is 25.7 Å². The smallest absolute Gasteiger partial charge is 0.252 e. The first-order valence-corrected chi connectivity index (χ1v) is 7.72. The lowest BCUT2D eigenvalue weighted by molar-refractivity contribution is 0.0951. The van der Waals surface area contributed by atoms with E-state index in [0.29, 0.717) is 5.56 Å². The molecule has 1 aliphatic carbocycles. The van der Waals surface area contributed by atoms with Gasteiger partial charge in [0.1, 0.15) is 0 Å². The summed E-state index contributed by atoms with van der Waals surface area (Å²) in [5, 5.41) is 8.28. The second kappa shape index (κ2) is 5.84. The average molecular weight is 286 g/mol. The molecule has 2 aromatic heterocycles. The van der Waals surface area contributed by atoms with Gasteiger partial charge in [-0.15, -0.1) is 0 Å². The lowest BCUT2D eigenvalue weighted by Gasteiger charge is -2.09. The molecule has 2 heterocycles. The van der Waals surface area contributed by atoms with Gasteiger partial charge in [-0.25, -0.2) is 4.98 Å². The Balaban J connectivity index is 1.65. The number of nitrogens with one attached hydrogen (secondary N) is 1. The van der Waals surface area contributed by atoms with Crippen LogP contribution >= 0.6 is 0 Å². The summed E-state index contributed by atoms with van der Waals surface area (Å²) in [4.78, 5) is 16.5. The Hall–Kier alpha value is -1.91. The maximum atomic E-state index is 12.2. The summed E-state index contributed by atoms with van der Waals surface area (Å²) in [6, 6.07) is 1.88. The highest BCUT2D eigenvalue weighted by Gasteiger charge is 2.15. The van der Waals surface area contributed by atoms with Gasteiger partial charge in [-0.3, -0.25) is 9.48 Å². The Morgan fingerprint density at radius 3 is 2.95 bits per heavy atom. The van der Waals surface area contributed by atoms with Crippen LogP contribution in [-0.2, 0) is 7.05 Å². The third-order valence-corrected chi connectivity index (χ3v) is 4.44. The summed E-state index contributed by atoms with van der Waals surface area (Å²) in [6.45, 7) is 2.69. The topological polar surface area (TPSA) is 59.8 Å². The van der Waals surface area contributed by atoms with E-state index in [-0.39, 0.29) is 5.91 Å². The van der Waals surface area contributed by atoms with Gasteiger partial charge in [0.25, 0.3) is 5.91 Å². The number of carbonyl (C=O) groups excluding carboxylic acids is 1. The fourth-order valence-electron chi connectivity index (χ4n) is 3.22. The highest BCUT2D eigenvalue weighted by molar-refractivity contribution is 5.97. The van der Waals surface area contributed by atoms with Crippen molar-refractivity contribution < 1.29 is 4.79 Å². The number of amides is 1. The van der Waals surface area contributed by atoms with Crippen molar-refractivity contribution >= 4 is 16.9 Å². The summed E-state index contributed by atoms with van der Waals surface area (Å²) in [5.74, 6) is 0.761. The highest BCUT2D eigenvalue weighted by Crippen LogP contribution is 2.26. The normalized spacial score (nSPS) is 15.7. The van der Waals surface area contributed by atoms with Gasteiger partial charge >= 0.3 is 0 Å². The van der Waals surface area contributed by atoms with Crippen molar-refractivity contribution in [1.82, 2.24) is 20.1 Å². The van der Waals surface area contributed by atoms with Crippen LogP contribution in [-0.4, -0.2) is 27.2 Å². The second-order valence-corrected chi connectivity index (χ2v) is 6.00. The van der Waals surface area contributed by atoms with E-state index in [1.54, 1.807) is 10.9 Å². The number of hydrogen-bond donors (Lipinski definition) is 1. The Morgan fingerprint density at radius 1 is 1.43 bits per heavy atom. The summed E-state index contributed by atoms with van der Waals surface area (Å²) < 4.78 is 1.74. The zero-order valence-corrected chi connectivity index (χ0v) is 12.7. The zero-order valence-electron chi connectivity index (χ0n) is 12.7. The van der Waals surface area contributed by atoms with Crippen LogP contribution in [0.4, 0.5) is 0 Å². The first-order valence-electron chi connectivity index (χ1n) is 7.72. The van der Waals surface area contributed by atoms with Crippen LogP contribution in [0.2, 0.25) is 0 Å². The number of rotatable bonds is 4. The molecule has 1 amide bonds. The Kier molecular flexibility index (Phi) is 3.90. The molecular weight excluding hydrogens is 264 g/mol. The van der Waals surface area contributed by atoms with Crippen molar-refractivity contribution in [2.75, 3.05) is 6.54 Å². The maximum absolute atomic E-state index is 12.2. The molecule has 3 rings (SSSR count). The molecule has 5 heteroatoms. The van der Waals surface area contributed by atoms with Gasteiger partial charge in [0, 0.05) is 25.2 Å². The number of aryl methyl sites for hydroxylation is 2. The van der Waals surface area contributed by atoms with E-state index in [4.69, 9.17) is 0 Å². The van der Waals surface area contributed by atoms with Gasteiger partial charge in [0.2, 0.25) is 0 Å². The van der Waals surface area contributed by atoms with Crippen LogP contribution in [0.25, 0.3) is 11.0 Å². The standard InChI is InChI=1S/C16H22N4O/c1-11-14-9-13(10-18-15(14)20(2)19-11)16(21)17-8-7-12-5-3-4-6-12/h9-10,12H,3-8H2,1-2H3,(H,17,21). The van der Waals surface area contributed by atoms with Crippen molar-refractivity contribution in [2.24, 2.45) is 13.0 Å². The summed E-state index contributed by atoms with van der Waals surface area (Å²) in [5.41, 5.74) is 2.33. The van der Waals surface area contributed by atoms with Crippen molar-refractivity contribution in [3.63, 3.8) is 0 Å². The minimum atomic E-state index is -0.0364. The van der Waals surface area contributed by atoms with Crippen LogP contribution < -0.4 is 5.32 Å². The molecule has 1 fully saturated rings. The SMILES string of the molecule is Cc1nn(C)c2ncc(C(=O)NCCC3CCCC3)cc12. The summed E-state index contributed by atoms with van der Waals surface area (Å²) >= 11 is 0. The molecule has 1 aliphatic rings. The average Bonchev–Trinajstić information content (AvgIpc) is 3.08. The predicted octanol–water partition coefficient (Wildman–Crippen LogP) is 2.59. The van der Waals surface area contributed by atoms with E-state index in [9.17, 15) is 4.79 Å². The molecule has 5 nitrogen and oxygen atoms in total. The number of pyridine rings is 1. The number of aromatic nitrogens is 3. The Morgan fingerprint density at radius 2 is 2.19 bits per heavy atom. The van der Waals surface area contributed by atoms with Gasteiger partial charge in [-0.2, -0.15) is 5.10 Å². The summed E-state index contributed by atoms with van der Waals surface area (Å²) in [6.07, 6.45) is 8.05. The van der Waals surface area contributed by atoms with E-state index in [0.717, 1.165) is 35.6 Å². The van der Waals surface area contributed by atoms with E-state index < -0.39 is 0 Å². The largest absolute Gasteiger partial charge is 0.352 e. The molecule has 2 aromatic rings. The lowest BCUT2D eigenvalue weighted by Crippen LogP contribution is -2.25. The quantitative estimate of drug-likeness (QED) is 0.939. The van der Waals surface area contributed by atoms with E-state index >= 15 is 0 Å². The Bertz CT molecular complexity index is 656. The molecule has 21 heavy (non-hydrogen) atoms. The van der Waals surface area contributed by atoms with Gasteiger partial charge < -0.3 is 5.32 Å². The van der Waals surface area contributed by atoms with E-state index in [1.165, 1.54) is 25.7 Å². The third-order valence-electron chi connectivity index (χ3n) is 4.44. The number of fused-ring (bicyclic) bond motifs is 1. The molecule has 112 valence electrons. The zero-order chi connectivity index (χ0) is 14.8. The van der Waals surface area contributed by atoms with E-state index in [1.807, 2.05) is 20.0 Å². The van der Waals surface area contributed by atoms with Crippen molar-refractivity contribution in [3.05, 3.63) is 23.5 Å². The third kappa shape index (κ3) is 2.91. The van der Waals surface area contributed by atoms with Crippen LogP contribution in [0.3, 0.4) is 0 Å². The van der Waals surface area contributed by atoms with Crippen molar-refractivity contribution in [3.8, 4) is 0 Å². The summed E-state index contributed by atoms with van der Waals surface area (Å²) in [7, 11) is 1.86. The molecule has 0 aromatic carbocycles. The molecule has 0 radical (unpaired) electrons. The van der Waals surface area contributed by atoms with Crippen LogP contribution in [0.1, 0.15) is 48.2 Å². The minimum absolute atomic E-state index is 0.0364. The van der Waals surface area contributed by atoms with Crippen molar-refractivity contribution in [1.29, 1.82) is 0 Å². The molecule has 0 saturated heterocycles. The van der Waals surface area contributed by atoms with Crippen LogP contribution in [0.15, 0.2) is 12.3 Å². The van der Waals surface area contributed by atoms with Gasteiger partial charge in [0.15, 0.2) is 5.65 Å². The van der Waals surface area contributed by atoms with Crippen LogP contribution in [0.5, 0.6) is 0 Å². The number of nitrogens with zero attached hydrogens (tertiary/aromatic N) is 3. The second-order valence-electron chi connectivity index (χ2n) is 6.00. The monoisotopic (exact) mass is 286 g/mol. The van der Waals surface area contributed by atoms with Crippen LogP contribution in [0, 0.1) is 12.8 Å². The molecule has 0 spiro atoms. The minimum Gasteiger partial charge on any atom is -0.352 e. The molecule has 0 atom stereocenters. The predicted molar refractivity (Wildman–Crippen MR) is 82.2 cm³/mol. The molecule has 0 aliphatic heterocycles. The number of hydrogen-bond acceptors (Lipinski definition) is 3. The molecular formula is C16H22N4O. The van der Waals surface area contributed by atoms with E-state index in [2.05, 4.69) is 15.4 Å². The first-order chi connectivity index (χ1) is 10.1. The molecule has 0 bridgehead atoms. The highest BCUT2D eigenvalue weighted by atomic mass is 16.1. The molecule has 1 N–H and O–H groups in total. The fraction of sp³-hybridized carbons (Fsp3) is 0.562. The first kappa shape index (κ1) is 14.0. The maximum Gasteiger partial charge on any atom is 0.252 e.